The summed E-state index contributed by atoms with van der Waals surface area (Å²) in [5.41, 5.74) is 1.05. The molecule has 0 saturated carbocycles. The normalized spacial score (nSPS) is 25.3. The van der Waals surface area contributed by atoms with Gasteiger partial charge in [0.05, 0.1) is 6.10 Å². The number of allylic oxidation sites excluding steroid dienone is 1. The maximum Gasteiger partial charge on any atom is 0.131 e. The lowest BCUT2D eigenvalue weighted by Crippen LogP contribution is -1.98. The van der Waals surface area contributed by atoms with Crippen molar-refractivity contribution in [2.75, 3.05) is 0 Å². The predicted molar refractivity (Wildman–Crippen MR) is 42.9 cm³/mol. The van der Waals surface area contributed by atoms with Crippen LogP contribution in [0.3, 0.4) is 0 Å². The summed E-state index contributed by atoms with van der Waals surface area (Å²) >= 11 is 0. The minimum atomic E-state index is 0.0179. The molecule has 1 rings (SSSR count). The lowest BCUT2D eigenvalue weighted by molar-refractivity contribution is 0.392. The smallest absolute Gasteiger partial charge is 0.131 e. The fourth-order valence-electron chi connectivity index (χ4n) is 1.24. The number of hydrogen-bond acceptors (Lipinski definition) is 3. The number of nitriles is 2. The van der Waals surface area contributed by atoms with E-state index in [4.69, 9.17) is 15.3 Å². The number of epoxide rings is 1. The third kappa shape index (κ3) is 1.47. The Bertz CT molecular complexity index is 277. The summed E-state index contributed by atoms with van der Waals surface area (Å²) in [6.45, 7) is 3.87. The van der Waals surface area contributed by atoms with Crippen molar-refractivity contribution >= 4 is 0 Å². The Morgan fingerprint density at radius 2 is 1.92 bits per heavy atom. The van der Waals surface area contributed by atoms with Crippen LogP contribution in [0.15, 0.2) is 11.1 Å². The van der Waals surface area contributed by atoms with Crippen LogP contribution in [0.4, 0.5) is 0 Å². The van der Waals surface area contributed by atoms with Crippen molar-refractivity contribution in [1.82, 2.24) is 0 Å². The van der Waals surface area contributed by atoms with Crippen LogP contribution in [-0.4, -0.2) is 12.2 Å². The highest BCUT2D eigenvalue weighted by molar-refractivity contribution is 5.43. The Morgan fingerprint density at radius 1 is 1.42 bits per heavy atom. The monoisotopic (exact) mass is 162 g/mol. The SMILES string of the molecule is CCC(=C(C#N)C#N)C1OC1C. The highest BCUT2D eigenvalue weighted by atomic mass is 16.6. The molecule has 0 amide bonds. The first-order chi connectivity index (χ1) is 5.74. The molecule has 62 valence electrons. The van der Waals surface area contributed by atoms with Crippen LogP contribution >= 0.6 is 0 Å². The second-order valence-corrected chi connectivity index (χ2v) is 2.74. The van der Waals surface area contributed by atoms with Gasteiger partial charge < -0.3 is 4.74 Å². The molecule has 3 heteroatoms. The zero-order valence-electron chi connectivity index (χ0n) is 7.16. The fraction of sp³-hybridized carbons (Fsp3) is 0.556. The van der Waals surface area contributed by atoms with E-state index < -0.39 is 0 Å². The lowest BCUT2D eigenvalue weighted by Gasteiger charge is -1.97. The van der Waals surface area contributed by atoms with Gasteiger partial charge in [-0.1, -0.05) is 6.92 Å². The molecule has 1 heterocycles. The van der Waals surface area contributed by atoms with Crippen LogP contribution in [0.2, 0.25) is 0 Å². The third-order valence-corrected chi connectivity index (χ3v) is 1.98. The second-order valence-electron chi connectivity index (χ2n) is 2.74. The molecule has 0 aromatic rings. The van der Waals surface area contributed by atoms with Gasteiger partial charge in [-0.25, -0.2) is 0 Å². The van der Waals surface area contributed by atoms with Crippen molar-refractivity contribution in [1.29, 1.82) is 10.5 Å². The molecule has 1 aliphatic rings. The zero-order chi connectivity index (χ0) is 9.14. The van der Waals surface area contributed by atoms with E-state index in [2.05, 4.69) is 0 Å². The number of nitrogens with zero attached hydrogens (tertiary/aromatic N) is 2. The van der Waals surface area contributed by atoms with Gasteiger partial charge in [0, 0.05) is 0 Å². The van der Waals surface area contributed by atoms with E-state index in [0.717, 1.165) is 5.57 Å². The number of ether oxygens (including phenoxy) is 1. The van der Waals surface area contributed by atoms with E-state index in [1.807, 2.05) is 26.0 Å². The number of rotatable bonds is 2. The van der Waals surface area contributed by atoms with E-state index in [-0.39, 0.29) is 17.8 Å². The van der Waals surface area contributed by atoms with Crippen LogP contribution in [0.5, 0.6) is 0 Å². The highest BCUT2D eigenvalue weighted by Gasteiger charge is 2.38. The van der Waals surface area contributed by atoms with Crippen molar-refractivity contribution in [3.63, 3.8) is 0 Å². The Morgan fingerprint density at radius 3 is 2.17 bits per heavy atom. The molecule has 1 fully saturated rings. The lowest BCUT2D eigenvalue weighted by atomic mass is 10.0. The van der Waals surface area contributed by atoms with Crippen molar-refractivity contribution in [3.05, 3.63) is 11.1 Å². The van der Waals surface area contributed by atoms with Gasteiger partial charge >= 0.3 is 0 Å². The maximum absolute atomic E-state index is 8.60. The van der Waals surface area contributed by atoms with Crippen LogP contribution in [0, 0.1) is 22.7 Å². The average molecular weight is 162 g/mol. The Hall–Kier alpha value is -1.32. The maximum atomic E-state index is 8.60. The summed E-state index contributed by atoms with van der Waals surface area (Å²) in [6.07, 6.45) is 0.909. The Labute approximate surface area is 71.9 Å². The Balaban J connectivity index is 2.88. The summed E-state index contributed by atoms with van der Waals surface area (Å²) in [4.78, 5) is 0. The van der Waals surface area contributed by atoms with Gasteiger partial charge in [-0.15, -0.1) is 0 Å². The first-order valence-corrected chi connectivity index (χ1v) is 3.93. The first-order valence-electron chi connectivity index (χ1n) is 3.93. The molecule has 0 spiro atoms. The molecular weight excluding hydrogens is 152 g/mol. The van der Waals surface area contributed by atoms with E-state index >= 15 is 0 Å². The molecule has 0 radical (unpaired) electrons. The standard InChI is InChI=1S/C9H10N2O/c1-3-8(7(4-10)5-11)9-6(2)12-9/h6,9H,3H2,1-2H3. The third-order valence-electron chi connectivity index (χ3n) is 1.98. The quantitative estimate of drug-likeness (QED) is 0.457. The van der Waals surface area contributed by atoms with Crippen LogP contribution < -0.4 is 0 Å². The second kappa shape index (κ2) is 3.38. The summed E-state index contributed by atoms with van der Waals surface area (Å²) < 4.78 is 5.19. The predicted octanol–water partition coefficient (Wildman–Crippen LogP) is 1.53. The highest BCUT2D eigenvalue weighted by Crippen LogP contribution is 2.32. The molecule has 1 saturated heterocycles. The largest absolute Gasteiger partial charge is 0.365 e. The van der Waals surface area contributed by atoms with Crippen molar-refractivity contribution < 1.29 is 4.74 Å². The van der Waals surface area contributed by atoms with Crippen LogP contribution in [-0.2, 0) is 4.74 Å². The van der Waals surface area contributed by atoms with Gasteiger partial charge in [-0.2, -0.15) is 10.5 Å². The molecule has 1 aliphatic heterocycles. The molecule has 0 N–H and O–H groups in total. The van der Waals surface area contributed by atoms with Gasteiger partial charge in [-0.3, -0.25) is 0 Å². The van der Waals surface area contributed by atoms with Gasteiger partial charge in [0.15, 0.2) is 0 Å². The van der Waals surface area contributed by atoms with E-state index in [9.17, 15) is 0 Å². The van der Waals surface area contributed by atoms with E-state index in [0.29, 0.717) is 6.42 Å². The molecule has 0 aromatic heterocycles. The Kier molecular flexibility index (Phi) is 2.47. The summed E-state index contributed by atoms with van der Waals surface area (Å²) in [6, 6.07) is 3.77. The first kappa shape index (κ1) is 8.77. The summed E-state index contributed by atoms with van der Waals surface area (Å²) in [5.74, 6) is 0. The topological polar surface area (TPSA) is 60.1 Å². The van der Waals surface area contributed by atoms with Gasteiger partial charge in [0.25, 0.3) is 0 Å². The van der Waals surface area contributed by atoms with Crippen molar-refractivity contribution in [3.8, 4) is 12.1 Å². The molecule has 2 atom stereocenters. The average Bonchev–Trinajstić information content (AvgIpc) is 2.78. The zero-order valence-corrected chi connectivity index (χ0v) is 7.16. The molecular formula is C9H10N2O. The molecule has 12 heavy (non-hydrogen) atoms. The van der Waals surface area contributed by atoms with E-state index in [1.165, 1.54) is 0 Å². The van der Waals surface area contributed by atoms with Gasteiger partial charge in [0.2, 0.25) is 0 Å². The molecule has 0 aromatic carbocycles. The molecule has 0 aliphatic carbocycles. The minimum absolute atomic E-state index is 0.0179. The van der Waals surface area contributed by atoms with Crippen molar-refractivity contribution in [2.45, 2.75) is 32.5 Å². The fourth-order valence-corrected chi connectivity index (χ4v) is 1.24. The van der Waals surface area contributed by atoms with Crippen LogP contribution in [0.1, 0.15) is 20.3 Å². The molecule has 3 nitrogen and oxygen atoms in total. The number of hydrogen-bond donors (Lipinski definition) is 0. The summed E-state index contributed by atoms with van der Waals surface area (Å²) in [7, 11) is 0. The van der Waals surface area contributed by atoms with Crippen molar-refractivity contribution in [2.24, 2.45) is 0 Å². The van der Waals surface area contributed by atoms with Crippen LogP contribution in [0.25, 0.3) is 0 Å². The van der Waals surface area contributed by atoms with Gasteiger partial charge in [-0.05, 0) is 18.9 Å². The summed E-state index contributed by atoms with van der Waals surface area (Å²) in [5, 5.41) is 17.2. The molecule has 2 unspecified atom stereocenters. The minimum Gasteiger partial charge on any atom is -0.365 e. The molecule has 0 bridgehead atoms. The van der Waals surface area contributed by atoms with Gasteiger partial charge in [0.1, 0.15) is 23.8 Å². The van der Waals surface area contributed by atoms with E-state index in [1.54, 1.807) is 0 Å².